The summed E-state index contributed by atoms with van der Waals surface area (Å²) in [6, 6.07) is 0. The second-order valence-electron chi connectivity index (χ2n) is 7.15. The largest absolute Gasteiger partial charge is 0.316 e. The Morgan fingerprint density at radius 1 is 1.32 bits per heavy atom. The summed E-state index contributed by atoms with van der Waals surface area (Å²) >= 11 is 2.14. The van der Waals surface area contributed by atoms with E-state index in [2.05, 4.69) is 42.7 Å². The lowest BCUT2D eigenvalue weighted by molar-refractivity contribution is 0.152. The first kappa shape index (κ1) is 15.7. The number of nitrogens with one attached hydrogen (secondary N) is 1. The highest BCUT2D eigenvalue weighted by atomic mass is 32.2. The number of thioether (sulfide) groups is 1. The Morgan fingerprint density at radius 2 is 2.05 bits per heavy atom. The van der Waals surface area contributed by atoms with Crippen molar-refractivity contribution >= 4 is 11.8 Å². The van der Waals surface area contributed by atoms with Crippen molar-refractivity contribution in [3.8, 4) is 0 Å². The van der Waals surface area contributed by atoms with Gasteiger partial charge in [-0.2, -0.15) is 11.8 Å². The zero-order chi connectivity index (χ0) is 13.7. The fourth-order valence-corrected chi connectivity index (χ4v) is 4.73. The number of nitrogens with zero attached hydrogens (tertiary/aromatic N) is 1. The standard InChI is InChI=1S/C16H32N2S/c1-14(2)10-17-12-16(6-4-5-7-16)13-18-8-9-19-15(3)11-18/h14-15,17H,4-13H2,1-3H3. The Hall–Kier alpha value is 0.270. The van der Waals surface area contributed by atoms with Crippen LogP contribution in [0.15, 0.2) is 0 Å². The Morgan fingerprint density at radius 3 is 2.68 bits per heavy atom. The molecular weight excluding hydrogens is 252 g/mol. The third kappa shape index (κ3) is 4.95. The molecule has 0 aromatic carbocycles. The van der Waals surface area contributed by atoms with Crippen LogP contribution in [0.4, 0.5) is 0 Å². The smallest absolute Gasteiger partial charge is 0.0147 e. The number of rotatable bonds is 6. The molecule has 112 valence electrons. The van der Waals surface area contributed by atoms with E-state index in [0.29, 0.717) is 5.41 Å². The van der Waals surface area contributed by atoms with Crippen molar-refractivity contribution in [3.63, 3.8) is 0 Å². The maximum atomic E-state index is 3.74. The third-order valence-electron chi connectivity index (χ3n) is 4.60. The van der Waals surface area contributed by atoms with Gasteiger partial charge in [-0.1, -0.05) is 33.6 Å². The van der Waals surface area contributed by atoms with Gasteiger partial charge in [-0.05, 0) is 30.7 Å². The average molecular weight is 285 g/mol. The molecule has 0 aromatic heterocycles. The fraction of sp³-hybridized carbons (Fsp3) is 1.00. The summed E-state index contributed by atoms with van der Waals surface area (Å²) in [5, 5.41) is 4.57. The minimum absolute atomic E-state index is 0.580. The van der Waals surface area contributed by atoms with Gasteiger partial charge in [0.25, 0.3) is 0 Å². The molecule has 0 spiro atoms. The summed E-state index contributed by atoms with van der Waals surface area (Å²) in [5.74, 6) is 2.10. The lowest BCUT2D eigenvalue weighted by Gasteiger charge is -2.39. The zero-order valence-electron chi connectivity index (χ0n) is 13.1. The van der Waals surface area contributed by atoms with Gasteiger partial charge in [-0.15, -0.1) is 0 Å². The van der Waals surface area contributed by atoms with Crippen LogP contribution in [0.2, 0.25) is 0 Å². The molecule has 1 N–H and O–H groups in total. The van der Waals surface area contributed by atoms with E-state index in [-0.39, 0.29) is 0 Å². The van der Waals surface area contributed by atoms with Crippen LogP contribution in [0.1, 0.15) is 46.5 Å². The molecule has 1 saturated heterocycles. The van der Waals surface area contributed by atoms with E-state index in [0.717, 1.165) is 11.2 Å². The van der Waals surface area contributed by atoms with Crippen LogP contribution in [0.3, 0.4) is 0 Å². The van der Waals surface area contributed by atoms with Crippen LogP contribution in [0.25, 0.3) is 0 Å². The van der Waals surface area contributed by atoms with Crippen LogP contribution in [-0.2, 0) is 0 Å². The molecule has 2 aliphatic rings. The van der Waals surface area contributed by atoms with E-state index in [4.69, 9.17) is 0 Å². The van der Waals surface area contributed by atoms with Crippen molar-refractivity contribution in [2.45, 2.75) is 51.7 Å². The Kier molecular flexibility index (Phi) is 6.04. The minimum atomic E-state index is 0.580. The van der Waals surface area contributed by atoms with E-state index < -0.39 is 0 Å². The highest BCUT2D eigenvalue weighted by Crippen LogP contribution is 2.39. The monoisotopic (exact) mass is 284 g/mol. The minimum Gasteiger partial charge on any atom is -0.316 e. The number of hydrogen-bond acceptors (Lipinski definition) is 3. The van der Waals surface area contributed by atoms with Crippen molar-refractivity contribution in [1.29, 1.82) is 0 Å². The first-order valence-electron chi connectivity index (χ1n) is 8.14. The molecule has 0 aromatic rings. The summed E-state index contributed by atoms with van der Waals surface area (Å²) < 4.78 is 0. The summed E-state index contributed by atoms with van der Waals surface area (Å²) in [5.41, 5.74) is 0.580. The molecule has 3 heteroatoms. The Bertz CT molecular complexity index is 261. The van der Waals surface area contributed by atoms with Crippen molar-refractivity contribution < 1.29 is 0 Å². The van der Waals surface area contributed by atoms with Gasteiger partial charge in [-0.25, -0.2) is 0 Å². The molecule has 1 unspecified atom stereocenters. The van der Waals surface area contributed by atoms with E-state index in [1.807, 2.05) is 0 Å². The van der Waals surface area contributed by atoms with Crippen molar-refractivity contribution in [3.05, 3.63) is 0 Å². The van der Waals surface area contributed by atoms with Crippen molar-refractivity contribution in [1.82, 2.24) is 10.2 Å². The van der Waals surface area contributed by atoms with Crippen LogP contribution in [-0.4, -0.2) is 48.6 Å². The predicted octanol–water partition coefficient (Wildman–Crippen LogP) is 3.23. The van der Waals surface area contributed by atoms with Gasteiger partial charge in [-0.3, -0.25) is 0 Å². The molecule has 1 saturated carbocycles. The lowest BCUT2D eigenvalue weighted by Crippen LogP contribution is -2.47. The van der Waals surface area contributed by atoms with Gasteiger partial charge < -0.3 is 10.2 Å². The second kappa shape index (κ2) is 7.33. The molecule has 1 atom stereocenters. The zero-order valence-corrected chi connectivity index (χ0v) is 13.9. The van der Waals surface area contributed by atoms with E-state index in [1.165, 1.54) is 64.2 Å². The molecule has 2 nitrogen and oxygen atoms in total. The molecule has 0 bridgehead atoms. The van der Waals surface area contributed by atoms with Gasteiger partial charge in [0.05, 0.1) is 0 Å². The SMILES string of the molecule is CC(C)CNCC1(CN2CCSC(C)C2)CCCC1. The van der Waals surface area contributed by atoms with Crippen LogP contribution < -0.4 is 5.32 Å². The topological polar surface area (TPSA) is 15.3 Å². The molecule has 1 aliphatic heterocycles. The van der Waals surface area contributed by atoms with Gasteiger partial charge >= 0.3 is 0 Å². The molecule has 2 rings (SSSR count). The summed E-state index contributed by atoms with van der Waals surface area (Å²) in [6.07, 6.45) is 5.77. The molecule has 2 fully saturated rings. The third-order valence-corrected chi connectivity index (χ3v) is 5.74. The molecule has 1 heterocycles. The van der Waals surface area contributed by atoms with Gasteiger partial charge in [0.2, 0.25) is 0 Å². The van der Waals surface area contributed by atoms with E-state index in [1.54, 1.807) is 0 Å². The van der Waals surface area contributed by atoms with Crippen LogP contribution in [0.5, 0.6) is 0 Å². The molecule has 0 amide bonds. The van der Waals surface area contributed by atoms with Crippen molar-refractivity contribution in [2.24, 2.45) is 11.3 Å². The van der Waals surface area contributed by atoms with Gasteiger partial charge in [0, 0.05) is 37.2 Å². The van der Waals surface area contributed by atoms with Gasteiger partial charge in [0.15, 0.2) is 0 Å². The van der Waals surface area contributed by atoms with Crippen LogP contribution >= 0.6 is 11.8 Å². The summed E-state index contributed by atoms with van der Waals surface area (Å²) in [4.78, 5) is 2.74. The quantitative estimate of drug-likeness (QED) is 0.806. The van der Waals surface area contributed by atoms with E-state index >= 15 is 0 Å². The number of hydrogen-bond donors (Lipinski definition) is 1. The molecule has 1 aliphatic carbocycles. The Labute approximate surface area is 124 Å². The second-order valence-corrected chi connectivity index (χ2v) is 8.69. The highest BCUT2D eigenvalue weighted by molar-refractivity contribution is 7.99. The molecule has 19 heavy (non-hydrogen) atoms. The Balaban J connectivity index is 1.84. The molecular formula is C16H32N2S. The normalized spacial score (nSPS) is 28.1. The molecule has 0 radical (unpaired) electrons. The average Bonchev–Trinajstić information content (AvgIpc) is 2.77. The summed E-state index contributed by atoms with van der Waals surface area (Å²) in [7, 11) is 0. The highest BCUT2D eigenvalue weighted by Gasteiger charge is 2.36. The van der Waals surface area contributed by atoms with Crippen molar-refractivity contribution in [2.75, 3.05) is 38.5 Å². The fourth-order valence-electron chi connectivity index (χ4n) is 3.65. The maximum absolute atomic E-state index is 3.74. The lowest BCUT2D eigenvalue weighted by atomic mass is 9.85. The van der Waals surface area contributed by atoms with E-state index in [9.17, 15) is 0 Å². The first-order valence-corrected chi connectivity index (χ1v) is 9.19. The summed E-state index contributed by atoms with van der Waals surface area (Å²) in [6.45, 7) is 13.3. The van der Waals surface area contributed by atoms with Gasteiger partial charge in [0.1, 0.15) is 0 Å². The first-order chi connectivity index (χ1) is 9.10. The maximum Gasteiger partial charge on any atom is 0.0147 e. The van der Waals surface area contributed by atoms with Crippen LogP contribution in [0, 0.1) is 11.3 Å². The predicted molar refractivity (Wildman–Crippen MR) is 87.0 cm³/mol.